The Morgan fingerprint density at radius 3 is 3.24 bits per heavy atom. The number of hydrogen-bond donors (Lipinski definition) is 1. The predicted molar refractivity (Wildman–Crippen MR) is 76.8 cm³/mol. The minimum Gasteiger partial charge on any atom is -0.374 e. The topological polar surface area (TPSA) is 54.5 Å². The molecule has 5 nitrogen and oxygen atoms in total. The maximum absolute atomic E-state index is 13.5. The van der Waals surface area contributed by atoms with Crippen molar-refractivity contribution in [2.45, 2.75) is 38.3 Å². The fraction of sp³-hybridized carbons (Fsp3) is 0.600. The molecule has 1 N–H and O–H groups in total. The Morgan fingerprint density at radius 1 is 1.57 bits per heavy atom. The number of ether oxygens (including phenoxy) is 1. The molecule has 3 rings (SSSR count). The van der Waals surface area contributed by atoms with Crippen LogP contribution in [0.25, 0.3) is 0 Å². The number of morpholine rings is 1. The van der Waals surface area contributed by atoms with E-state index in [1.165, 1.54) is 6.07 Å². The van der Waals surface area contributed by atoms with E-state index >= 15 is 0 Å². The van der Waals surface area contributed by atoms with Gasteiger partial charge in [0.25, 0.3) is 5.91 Å². The number of halogens is 1. The molecular weight excluding hydrogens is 273 g/mol. The number of rotatable bonds is 3. The van der Waals surface area contributed by atoms with Gasteiger partial charge in [-0.2, -0.15) is 0 Å². The molecule has 6 heteroatoms. The molecule has 1 saturated carbocycles. The number of carbonyl (C=O) groups excluding carboxylic acids is 1. The monoisotopic (exact) mass is 293 g/mol. The van der Waals surface area contributed by atoms with Gasteiger partial charge in [-0.1, -0.05) is 0 Å². The molecular formula is C15H20FN3O2. The zero-order chi connectivity index (χ0) is 14.8. The summed E-state index contributed by atoms with van der Waals surface area (Å²) in [5.74, 6) is -0.195. The van der Waals surface area contributed by atoms with Crippen LogP contribution in [0, 0.1) is 5.82 Å². The van der Waals surface area contributed by atoms with E-state index in [0.717, 1.165) is 25.5 Å². The third-order valence-corrected chi connectivity index (χ3v) is 4.17. The number of anilines is 1. The van der Waals surface area contributed by atoms with Crippen LogP contribution in [0.5, 0.6) is 0 Å². The van der Waals surface area contributed by atoms with Crippen molar-refractivity contribution in [2.75, 3.05) is 25.0 Å². The SMILES string of the molecule is CCNc1ncc(F)cc1C(=O)N1CCOC2CCCC21. The second-order valence-corrected chi connectivity index (χ2v) is 5.49. The summed E-state index contributed by atoms with van der Waals surface area (Å²) in [6, 6.07) is 1.39. The third kappa shape index (κ3) is 2.72. The molecule has 2 fully saturated rings. The number of amides is 1. The molecule has 1 aliphatic heterocycles. The molecule has 1 aromatic rings. The lowest BCUT2D eigenvalue weighted by Gasteiger charge is -2.37. The first kappa shape index (κ1) is 14.3. The summed E-state index contributed by atoms with van der Waals surface area (Å²) in [5, 5.41) is 3.03. The lowest BCUT2D eigenvalue weighted by atomic mass is 10.1. The van der Waals surface area contributed by atoms with Gasteiger partial charge in [0.05, 0.1) is 30.5 Å². The van der Waals surface area contributed by atoms with Gasteiger partial charge in [0.1, 0.15) is 11.6 Å². The van der Waals surface area contributed by atoms with Crippen LogP contribution >= 0.6 is 0 Å². The van der Waals surface area contributed by atoms with Gasteiger partial charge in [0.15, 0.2) is 0 Å². The lowest BCUT2D eigenvalue weighted by Crippen LogP contribution is -2.51. The van der Waals surface area contributed by atoms with Gasteiger partial charge in [-0.25, -0.2) is 9.37 Å². The third-order valence-electron chi connectivity index (χ3n) is 4.17. The number of fused-ring (bicyclic) bond motifs is 1. The van der Waals surface area contributed by atoms with Crippen molar-refractivity contribution in [1.82, 2.24) is 9.88 Å². The summed E-state index contributed by atoms with van der Waals surface area (Å²) in [6.07, 6.45) is 4.28. The highest BCUT2D eigenvalue weighted by Crippen LogP contribution is 2.31. The summed E-state index contributed by atoms with van der Waals surface area (Å²) < 4.78 is 19.2. The van der Waals surface area contributed by atoms with E-state index in [-0.39, 0.29) is 18.1 Å². The van der Waals surface area contributed by atoms with Crippen molar-refractivity contribution in [1.29, 1.82) is 0 Å². The highest BCUT2D eigenvalue weighted by Gasteiger charge is 2.39. The van der Waals surface area contributed by atoms with Crippen molar-refractivity contribution in [3.63, 3.8) is 0 Å². The Morgan fingerprint density at radius 2 is 2.43 bits per heavy atom. The van der Waals surface area contributed by atoms with Gasteiger partial charge in [-0.05, 0) is 32.3 Å². The molecule has 0 bridgehead atoms. The van der Waals surface area contributed by atoms with Gasteiger partial charge in [0, 0.05) is 13.1 Å². The van der Waals surface area contributed by atoms with Crippen LogP contribution in [0.2, 0.25) is 0 Å². The normalized spacial score (nSPS) is 24.8. The van der Waals surface area contributed by atoms with E-state index in [4.69, 9.17) is 4.74 Å². The van der Waals surface area contributed by atoms with Gasteiger partial charge >= 0.3 is 0 Å². The molecule has 1 aliphatic carbocycles. The number of aromatic nitrogens is 1. The number of nitrogens with zero attached hydrogens (tertiary/aromatic N) is 2. The molecule has 1 aromatic heterocycles. The predicted octanol–water partition coefficient (Wildman–Crippen LogP) is 2.05. The Hall–Kier alpha value is -1.69. The molecule has 2 heterocycles. The van der Waals surface area contributed by atoms with Crippen LogP contribution < -0.4 is 5.32 Å². The zero-order valence-corrected chi connectivity index (χ0v) is 12.1. The summed E-state index contributed by atoms with van der Waals surface area (Å²) in [5.41, 5.74) is 0.310. The fourth-order valence-corrected chi connectivity index (χ4v) is 3.24. The van der Waals surface area contributed by atoms with E-state index in [0.29, 0.717) is 31.1 Å². The summed E-state index contributed by atoms with van der Waals surface area (Å²) in [7, 11) is 0. The van der Waals surface area contributed by atoms with Crippen molar-refractivity contribution in [3.8, 4) is 0 Å². The molecule has 21 heavy (non-hydrogen) atoms. The van der Waals surface area contributed by atoms with Gasteiger partial charge < -0.3 is 15.0 Å². The average molecular weight is 293 g/mol. The Kier molecular flexibility index (Phi) is 4.05. The highest BCUT2D eigenvalue weighted by atomic mass is 19.1. The highest BCUT2D eigenvalue weighted by molar-refractivity contribution is 5.99. The van der Waals surface area contributed by atoms with Gasteiger partial charge in [-0.15, -0.1) is 0 Å². The average Bonchev–Trinajstić information content (AvgIpc) is 2.97. The van der Waals surface area contributed by atoms with Crippen molar-refractivity contribution in [3.05, 3.63) is 23.6 Å². The molecule has 2 aliphatic rings. The van der Waals surface area contributed by atoms with Gasteiger partial charge in [0.2, 0.25) is 0 Å². The second kappa shape index (κ2) is 5.97. The van der Waals surface area contributed by atoms with Crippen molar-refractivity contribution in [2.24, 2.45) is 0 Å². The van der Waals surface area contributed by atoms with Gasteiger partial charge in [-0.3, -0.25) is 4.79 Å². The molecule has 0 radical (unpaired) electrons. The summed E-state index contributed by atoms with van der Waals surface area (Å²) in [4.78, 5) is 18.7. The maximum atomic E-state index is 13.5. The Bertz CT molecular complexity index is 538. The van der Waals surface area contributed by atoms with Crippen LogP contribution in [0.3, 0.4) is 0 Å². The van der Waals surface area contributed by atoms with E-state index in [1.54, 1.807) is 0 Å². The van der Waals surface area contributed by atoms with Crippen LogP contribution in [-0.4, -0.2) is 47.6 Å². The summed E-state index contributed by atoms with van der Waals surface area (Å²) in [6.45, 7) is 3.66. The maximum Gasteiger partial charge on any atom is 0.258 e. The van der Waals surface area contributed by atoms with E-state index < -0.39 is 5.82 Å². The minimum absolute atomic E-state index is 0.115. The largest absolute Gasteiger partial charge is 0.374 e. The van der Waals surface area contributed by atoms with E-state index in [1.807, 2.05) is 11.8 Å². The van der Waals surface area contributed by atoms with E-state index in [9.17, 15) is 9.18 Å². The second-order valence-electron chi connectivity index (χ2n) is 5.49. The van der Waals surface area contributed by atoms with Crippen LogP contribution in [0.15, 0.2) is 12.3 Å². The summed E-state index contributed by atoms with van der Waals surface area (Å²) >= 11 is 0. The number of nitrogens with one attached hydrogen (secondary N) is 1. The smallest absolute Gasteiger partial charge is 0.258 e. The number of hydrogen-bond acceptors (Lipinski definition) is 4. The molecule has 0 spiro atoms. The number of carbonyl (C=O) groups is 1. The Balaban J connectivity index is 1.88. The molecule has 2 unspecified atom stereocenters. The first-order valence-electron chi connectivity index (χ1n) is 7.52. The molecule has 1 amide bonds. The van der Waals surface area contributed by atoms with Crippen LogP contribution in [-0.2, 0) is 4.74 Å². The number of pyridine rings is 1. The lowest BCUT2D eigenvalue weighted by molar-refractivity contribution is -0.0445. The molecule has 114 valence electrons. The fourth-order valence-electron chi connectivity index (χ4n) is 3.24. The molecule has 1 saturated heterocycles. The molecule has 2 atom stereocenters. The Labute approximate surface area is 123 Å². The van der Waals surface area contributed by atoms with Crippen molar-refractivity contribution >= 4 is 11.7 Å². The van der Waals surface area contributed by atoms with Crippen LogP contribution in [0.1, 0.15) is 36.5 Å². The molecule has 0 aromatic carbocycles. The first-order chi connectivity index (χ1) is 10.2. The zero-order valence-electron chi connectivity index (χ0n) is 12.1. The van der Waals surface area contributed by atoms with E-state index in [2.05, 4.69) is 10.3 Å². The standard InChI is InChI=1S/C15H20FN3O2/c1-2-17-14-11(8-10(16)9-18-14)15(20)19-6-7-21-13-5-3-4-12(13)19/h8-9,12-13H,2-7H2,1H3,(H,17,18). The first-order valence-corrected chi connectivity index (χ1v) is 7.52. The van der Waals surface area contributed by atoms with Crippen LogP contribution in [0.4, 0.5) is 10.2 Å². The minimum atomic E-state index is -0.490. The van der Waals surface area contributed by atoms with Crippen molar-refractivity contribution < 1.29 is 13.9 Å². The quantitative estimate of drug-likeness (QED) is 0.926.